The van der Waals surface area contributed by atoms with Crippen LogP contribution < -0.4 is 10.1 Å². The molecule has 3 nitrogen and oxygen atoms in total. The second-order valence-corrected chi connectivity index (χ2v) is 4.54. The Labute approximate surface area is 103 Å². The predicted molar refractivity (Wildman–Crippen MR) is 68.4 cm³/mol. The average Bonchev–Trinajstić information content (AvgIpc) is 2.40. The molecule has 94 valence electrons. The van der Waals surface area contributed by atoms with Gasteiger partial charge in [0.1, 0.15) is 5.75 Å². The van der Waals surface area contributed by atoms with E-state index >= 15 is 0 Å². The Balaban J connectivity index is 2.00. The van der Waals surface area contributed by atoms with Gasteiger partial charge in [0.25, 0.3) is 0 Å². The molecular weight excluding hydrogens is 214 g/mol. The molecule has 0 radical (unpaired) electrons. The minimum absolute atomic E-state index is 0.290. The third-order valence-corrected chi connectivity index (χ3v) is 3.25. The van der Waals surface area contributed by atoms with Gasteiger partial charge in [0, 0.05) is 24.3 Å². The van der Waals surface area contributed by atoms with E-state index in [9.17, 15) is 0 Å². The van der Waals surface area contributed by atoms with Crippen LogP contribution in [0.1, 0.15) is 31.4 Å². The number of hydrogen-bond donors (Lipinski definition) is 1. The van der Waals surface area contributed by atoms with Gasteiger partial charge in [-0.05, 0) is 25.8 Å². The van der Waals surface area contributed by atoms with E-state index in [4.69, 9.17) is 9.47 Å². The molecular formula is C14H21NO2. The van der Waals surface area contributed by atoms with E-state index < -0.39 is 0 Å². The summed E-state index contributed by atoms with van der Waals surface area (Å²) < 4.78 is 10.9. The van der Waals surface area contributed by atoms with Crippen molar-refractivity contribution < 1.29 is 9.47 Å². The maximum absolute atomic E-state index is 5.48. The lowest BCUT2D eigenvalue weighted by Gasteiger charge is -2.27. The van der Waals surface area contributed by atoms with Gasteiger partial charge in [-0.25, -0.2) is 0 Å². The van der Waals surface area contributed by atoms with Crippen LogP contribution in [0.4, 0.5) is 0 Å². The van der Waals surface area contributed by atoms with E-state index in [0.717, 1.165) is 25.4 Å². The lowest BCUT2D eigenvalue weighted by molar-refractivity contribution is 0.0670. The molecule has 17 heavy (non-hydrogen) atoms. The number of methoxy groups -OCH3 is 1. The van der Waals surface area contributed by atoms with Crippen LogP contribution in [0.3, 0.4) is 0 Å². The second kappa shape index (κ2) is 6.03. The largest absolute Gasteiger partial charge is 0.496 e. The molecule has 1 heterocycles. The minimum Gasteiger partial charge on any atom is -0.496 e. The smallest absolute Gasteiger partial charge is 0.123 e. The first-order valence-corrected chi connectivity index (χ1v) is 6.28. The standard InChI is InChI=1S/C14H21NO2/c1-11(15-12-6-5-9-17-10-12)13-7-3-4-8-14(13)16-2/h3-4,7-8,11-12,15H,5-6,9-10H2,1-2H3. The van der Waals surface area contributed by atoms with Crippen LogP contribution in [0.15, 0.2) is 24.3 Å². The van der Waals surface area contributed by atoms with Gasteiger partial charge in [-0.2, -0.15) is 0 Å². The molecule has 0 spiro atoms. The number of ether oxygens (including phenoxy) is 2. The van der Waals surface area contributed by atoms with E-state index in [1.165, 1.54) is 12.0 Å². The van der Waals surface area contributed by atoms with Crippen LogP contribution in [0, 0.1) is 0 Å². The fourth-order valence-corrected chi connectivity index (χ4v) is 2.34. The van der Waals surface area contributed by atoms with E-state index in [1.54, 1.807) is 7.11 Å². The molecule has 1 fully saturated rings. The zero-order valence-corrected chi connectivity index (χ0v) is 10.6. The summed E-state index contributed by atoms with van der Waals surface area (Å²) in [6.07, 6.45) is 2.34. The Morgan fingerprint density at radius 2 is 2.24 bits per heavy atom. The summed E-state index contributed by atoms with van der Waals surface area (Å²) in [5.41, 5.74) is 1.21. The molecule has 0 amide bonds. The molecule has 1 aromatic rings. The maximum atomic E-state index is 5.48. The van der Waals surface area contributed by atoms with Gasteiger partial charge < -0.3 is 14.8 Å². The quantitative estimate of drug-likeness (QED) is 0.870. The summed E-state index contributed by atoms with van der Waals surface area (Å²) in [5, 5.41) is 3.60. The van der Waals surface area contributed by atoms with Crippen molar-refractivity contribution >= 4 is 0 Å². The van der Waals surface area contributed by atoms with Crippen molar-refractivity contribution in [3.63, 3.8) is 0 Å². The van der Waals surface area contributed by atoms with Crippen LogP contribution >= 0.6 is 0 Å². The highest BCUT2D eigenvalue weighted by Crippen LogP contribution is 2.25. The molecule has 0 aromatic heterocycles. The summed E-state index contributed by atoms with van der Waals surface area (Å²) in [6, 6.07) is 8.92. The van der Waals surface area contributed by atoms with Gasteiger partial charge in [-0.3, -0.25) is 0 Å². The fraction of sp³-hybridized carbons (Fsp3) is 0.571. The van der Waals surface area contributed by atoms with Crippen molar-refractivity contribution in [1.29, 1.82) is 0 Å². The minimum atomic E-state index is 0.290. The topological polar surface area (TPSA) is 30.5 Å². The van der Waals surface area contributed by atoms with Gasteiger partial charge in [0.05, 0.1) is 13.7 Å². The second-order valence-electron chi connectivity index (χ2n) is 4.54. The summed E-state index contributed by atoms with van der Waals surface area (Å²) >= 11 is 0. The zero-order chi connectivity index (χ0) is 12.1. The van der Waals surface area contributed by atoms with Crippen LogP contribution in [-0.4, -0.2) is 26.4 Å². The van der Waals surface area contributed by atoms with Gasteiger partial charge in [-0.15, -0.1) is 0 Å². The maximum Gasteiger partial charge on any atom is 0.123 e. The normalized spacial score (nSPS) is 22.1. The van der Waals surface area contributed by atoms with Crippen molar-refractivity contribution in [2.75, 3.05) is 20.3 Å². The fourth-order valence-electron chi connectivity index (χ4n) is 2.34. The molecule has 0 saturated carbocycles. The summed E-state index contributed by atoms with van der Waals surface area (Å²) in [6.45, 7) is 3.90. The number of hydrogen-bond acceptors (Lipinski definition) is 3. The lowest BCUT2D eigenvalue weighted by Crippen LogP contribution is -2.38. The molecule has 2 unspecified atom stereocenters. The molecule has 1 saturated heterocycles. The molecule has 3 heteroatoms. The molecule has 2 atom stereocenters. The molecule has 1 aliphatic heterocycles. The molecule has 1 aliphatic rings. The first kappa shape index (κ1) is 12.4. The van der Waals surface area contributed by atoms with E-state index in [0.29, 0.717) is 6.04 Å². The third kappa shape index (κ3) is 3.20. The van der Waals surface area contributed by atoms with Gasteiger partial charge in [-0.1, -0.05) is 18.2 Å². The van der Waals surface area contributed by atoms with Gasteiger partial charge in [0.15, 0.2) is 0 Å². The van der Waals surface area contributed by atoms with Crippen molar-refractivity contribution in [1.82, 2.24) is 5.32 Å². The predicted octanol–water partition coefficient (Wildman–Crippen LogP) is 2.52. The Bertz CT molecular complexity index is 348. The third-order valence-electron chi connectivity index (χ3n) is 3.25. The van der Waals surface area contributed by atoms with Crippen molar-refractivity contribution in [2.45, 2.75) is 31.8 Å². The van der Waals surface area contributed by atoms with Crippen LogP contribution in [0.2, 0.25) is 0 Å². The van der Waals surface area contributed by atoms with Crippen molar-refractivity contribution in [3.8, 4) is 5.75 Å². The van der Waals surface area contributed by atoms with Gasteiger partial charge >= 0.3 is 0 Å². The number of nitrogens with one attached hydrogen (secondary N) is 1. The molecule has 0 aliphatic carbocycles. The number of rotatable bonds is 4. The van der Waals surface area contributed by atoms with E-state index in [1.807, 2.05) is 18.2 Å². The highest BCUT2D eigenvalue weighted by Gasteiger charge is 2.18. The van der Waals surface area contributed by atoms with E-state index in [-0.39, 0.29) is 6.04 Å². The molecule has 1 aromatic carbocycles. The first-order valence-electron chi connectivity index (χ1n) is 6.28. The SMILES string of the molecule is COc1ccccc1C(C)NC1CCCOC1. The number of para-hydroxylation sites is 1. The highest BCUT2D eigenvalue weighted by atomic mass is 16.5. The summed E-state index contributed by atoms with van der Waals surface area (Å²) in [5.74, 6) is 0.948. The van der Waals surface area contributed by atoms with E-state index in [2.05, 4.69) is 18.3 Å². The molecule has 0 bridgehead atoms. The highest BCUT2D eigenvalue weighted by molar-refractivity contribution is 5.35. The van der Waals surface area contributed by atoms with Gasteiger partial charge in [0.2, 0.25) is 0 Å². The Morgan fingerprint density at radius 1 is 1.41 bits per heavy atom. The molecule has 2 rings (SSSR count). The first-order chi connectivity index (χ1) is 8.31. The van der Waals surface area contributed by atoms with Crippen molar-refractivity contribution in [2.24, 2.45) is 0 Å². The summed E-state index contributed by atoms with van der Waals surface area (Å²) in [4.78, 5) is 0. The molecule has 1 N–H and O–H groups in total. The average molecular weight is 235 g/mol. The van der Waals surface area contributed by atoms with Crippen LogP contribution in [0.5, 0.6) is 5.75 Å². The monoisotopic (exact) mass is 235 g/mol. The lowest BCUT2D eigenvalue weighted by atomic mass is 10.0. The van der Waals surface area contributed by atoms with Crippen LogP contribution in [0.25, 0.3) is 0 Å². The Morgan fingerprint density at radius 3 is 2.94 bits per heavy atom. The number of benzene rings is 1. The zero-order valence-electron chi connectivity index (χ0n) is 10.6. The summed E-state index contributed by atoms with van der Waals surface area (Å²) in [7, 11) is 1.72. The van der Waals surface area contributed by atoms with Crippen molar-refractivity contribution in [3.05, 3.63) is 29.8 Å². The Kier molecular flexibility index (Phi) is 4.40. The van der Waals surface area contributed by atoms with Crippen LogP contribution in [-0.2, 0) is 4.74 Å². The Hall–Kier alpha value is -1.06.